The third kappa shape index (κ3) is 2.46. The van der Waals surface area contributed by atoms with E-state index in [-0.39, 0.29) is 0 Å². The Morgan fingerprint density at radius 3 is 2.36 bits per heavy atom. The Balaban J connectivity index is 1.94. The van der Waals surface area contributed by atoms with Crippen LogP contribution in [0.5, 0.6) is 0 Å². The van der Waals surface area contributed by atoms with E-state index in [9.17, 15) is 0 Å². The van der Waals surface area contributed by atoms with Gasteiger partial charge in [-0.1, -0.05) is 0 Å². The fourth-order valence-electron chi connectivity index (χ4n) is 1.61. The Morgan fingerprint density at radius 1 is 1.07 bits per heavy atom. The molecule has 2 rings (SSSR count). The van der Waals surface area contributed by atoms with E-state index in [1.807, 2.05) is 6.20 Å². The maximum atomic E-state index is 4.26. The quantitative estimate of drug-likeness (QED) is 0.560. The van der Waals surface area contributed by atoms with E-state index in [4.69, 9.17) is 0 Å². The van der Waals surface area contributed by atoms with Crippen molar-refractivity contribution in [2.24, 2.45) is 0 Å². The molecule has 5 nitrogen and oxygen atoms in total. The Kier molecular flexibility index (Phi) is 3.37. The van der Waals surface area contributed by atoms with Crippen LogP contribution in [0, 0.1) is 0 Å². The first-order chi connectivity index (χ1) is 6.97. The minimum Gasteiger partial charge on any atom is -0.340 e. The summed E-state index contributed by atoms with van der Waals surface area (Å²) in [5.41, 5.74) is 0. The lowest BCUT2D eigenvalue weighted by atomic mass is 10.5. The molecule has 5 heteroatoms. The number of nitrogens with one attached hydrogen (secondary N) is 3. The smallest absolute Gasteiger partial charge is 0.202 e. The Labute approximate surface area is 83.9 Å². The molecule has 78 valence electrons. The summed E-state index contributed by atoms with van der Waals surface area (Å²) < 4.78 is 0. The zero-order valence-electron chi connectivity index (χ0n) is 8.29. The van der Waals surface area contributed by atoms with Crippen LogP contribution in [0.25, 0.3) is 0 Å². The van der Waals surface area contributed by atoms with Crippen molar-refractivity contribution in [3.63, 3.8) is 0 Å². The fraction of sp³-hybridized carbons (Fsp3) is 0.667. The molecule has 1 aliphatic heterocycles. The molecule has 0 aliphatic carbocycles. The highest BCUT2D eigenvalue weighted by Gasteiger charge is 2.08. The normalized spacial score (nSPS) is 19.9. The molecule has 1 aromatic rings. The number of rotatable bonds is 1. The van der Waals surface area contributed by atoms with Crippen LogP contribution in [-0.4, -0.2) is 49.2 Å². The molecule has 0 radical (unpaired) electrons. The standard InChI is InChI=1S/C9H17N5/c1-2-11-6-8-14(7-5-10-1)9-12-3-4-13-9/h3-4,10-11H,1-2,5-8H2,(H,12,13). The first-order valence-electron chi connectivity index (χ1n) is 5.12. The highest BCUT2D eigenvalue weighted by molar-refractivity contribution is 5.28. The van der Waals surface area contributed by atoms with E-state index in [0.29, 0.717) is 0 Å². The van der Waals surface area contributed by atoms with Crippen LogP contribution in [0.2, 0.25) is 0 Å². The van der Waals surface area contributed by atoms with Crippen LogP contribution in [-0.2, 0) is 0 Å². The molecule has 0 aromatic carbocycles. The van der Waals surface area contributed by atoms with Crippen LogP contribution in [0.15, 0.2) is 12.4 Å². The summed E-state index contributed by atoms with van der Waals surface area (Å²) in [4.78, 5) is 9.65. The minimum atomic E-state index is 0.968. The molecular weight excluding hydrogens is 178 g/mol. The number of hydrogen-bond donors (Lipinski definition) is 3. The van der Waals surface area contributed by atoms with Crippen LogP contribution < -0.4 is 15.5 Å². The third-order valence-corrected chi connectivity index (χ3v) is 2.38. The van der Waals surface area contributed by atoms with Gasteiger partial charge in [0.25, 0.3) is 0 Å². The summed E-state index contributed by atoms with van der Waals surface area (Å²) in [5, 5.41) is 6.75. The zero-order valence-corrected chi connectivity index (χ0v) is 8.29. The van der Waals surface area contributed by atoms with Gasteiger partial charge in [-0.2, -0.15) is 0 Å². The number of aromatic nitrogens is 2. The van der Waals surface area contributed by atoms with Crippen LogP contribution in [0.1, 0.15) is 0 Å². The SMILES string of the molecule is c1c[nH]c(N2CCNCCNCC2)n1. The van der Waals surface area contributed by atoms with E-state index >= 15 is 0 Å². The third-order valence-electron chi connectivity index (χ3n) is 2.38. The second-order valence-corrected chi connectivity index (χ2v) is 3.40. The van der Waals surface area contributed by atoms with E-state index in [1.165, 1.54) is 0 Å². The number of H-pyrrole nitrogens is 1. The average molecular weight is 195 g/mol. The lowest BCUT2D eigenvalue weighted by molar-refractivity contribution is 0.652. The minimum absolute atomic E-state index is 0.968. The van der Waals surface area contributed by atoms with E-state index in [1.54, 1.807) is 6.20 Å². The first kappa shape index (κ1) is 9.48. The second-order valence-electron chi connectivity index (χ2n) is 3.40. The van der Waals surface area contributed by atoms with Crippen molar-refractivity contribution in [3.8, 4) is 0 Å². The maximum Gasteiger partial charge on any atom is 0.202 e. The van der Waals surface area contributed by atoms with Gasteiger partial charge in [0.15, 0.2) is 0 Å². The number of aromatic amines is 1. The molecule has 2 heterocycles. The predicted octanol–water partition coefficient (Wildman–Crippen LogP) is -0.591. The lowest BCUT2D eigenvalue weighted by Gasteiger charge is -2.20. The Hall–Kier alpha value is -1.07. The molecule has 3 N–H and O–H groups in total. The average Bonchev–Trinajstić information content (AvgIpc) is 2.75. The van der Waals surface area contributed by atoms with Crippen molar-refractivity contribution >= 4 is 5.95 Å². The number of hydrogen-bond acceptors (Lipinski definition) is 4. The summed E-state index contributed by atoms with van der Waals surface area (Å²) in [6.07, 6.45) is 3.66. The van der Waals surface area contributed by atoms with Crippen molar-refractivity contribution in [2.75, 3.05) is 44.2 Å². The molecule has 1 saturated heterocycles. The van der Waals surface area contributed by atoms with Crippen LogP contribution in [0.4, 0.5) is 5.95 Å². The van der Waals surface area contributed by atoms with Crippen molar-refractivity contribution in [2.45, 2.75) is 0 Å². The molecule has 1 fully saturated rings. The van der Waals surface area contributed by atoms with Crippen molar-refractivity contribution in [3.05, 3.63) is 12.4 Å². The van der Waals surface area contributed by atoms with E-state index in [2.05, 4.69) is 25.5 Å². The number of imidazole rings is 1. The van der Waals surface area contributed by atoms with Crippen LogP contribution >= 0.6 is 0 Å². The molecule has 0 saturated carbocycles. The molecule has 0 bridgehead atoms. The van der Waals surface area contributed by atoms with Crippen molar-refractivity contribution in [1.82, 2.24) is 20.6 Å². The highest BCUT2D eigenvalue weighted by atomic mass is 15.3. The molecule has 0 atom stereocenters. The molecule has 0 amide bonds. The monoisotopic (exact) mass is 195 g/mol. The maximum absolute atomic E-state index is 4.26. The number of nitrogens with zero attached hydrogens (tertiary/aromatic N) is 2. The van der Waals surface area contributed by atoms with Gasteiger partial charge >= 0.3 is 0 Å². The summed E-state index contributed by atoms with van der Waals surface area (Å²) in [7, 11) is 0. The highest BCUT2D eigenvalue weighted by Crippen LogP contribution is 2.04. The van der Waals surface area contributed by atoms with Gasteiger partial charge in [-0.3, -0.25) is 0 Å². The molecular formula is C9H17N5. The first-order valence-corrected chi connectivity index (χ1v) is 5.12. The lowest BCUT2D eigenvalue weighted by Crippen LogP contribution is -2.34. The van der Waals surface area contributed by atoms with Gasteiger partial charge in [0, 0.05) is 51.7 Å². The summed E-state index contributed by atoms with van der Waals surface area (Å²) in [6.45, 7) is 6.15. The Bertz CT molecular complexity index is 236. The summed E-state index contributed by atoms with van der Waals surface area (Å²) in [5.74, 6) is 0.968. The summed E-state index contributed by atoms with van der Waals surface area (Å²) >= 11 is 0. The Morgan fingerprint density at radius 2 is 1.79 bits per heavy atom. The molecule has 1 aromatic heterocycles. The van der Waals surface area contributed by atoms with E-state index < -0.39 is 0 Å². The van der Waals surface area contributed by atoms with Gasteiger partial charge in [-0.05, 0) is 0 Å². The van der Waals surface area contributed by atoms with Gasteiger partial charge in [-0.25, -0.2) is 4.98 Å². The predicted molar refractivity (Wildman–Crippen MR) is 56.5 cm³/mol. The molecule has 0 spiro atoms. The largest absolute Gasteiger partial charge is 0.340 e. The van der Waals surface area contributed by atoms with Crippen LogP contribution in [0.3, 0.4) is 0 Å². The molecule has 14 heavy (non-hydrogen) atoms. The van der Waals surface area contributed by atoms with E-state index in [0.717, 1.165) is 45.2 Å². The molecule has 0 unspecified atom stereocenters. The topological polar surface area (TPSA) is 56.0 Å². The van der Waals surface area contributed by atoms with Gasteiger partial charge in [-0.15, -0.1) is 0 Å². The second kappa shape index (κ2) is 4.97. The van der Waals surface area contributed by atoms with Gasteiger partial charge in [0.2, 0.25) is 5.95 Å². The fourth-order valence-corrected chi connectivity index (χ4v) is 1.61. The summed E-state index contributed by atoms with van der Waals surface area (Å²) in [6, 6.07) is 0. The zero-order chi connectivity index (χ0) is 9.64. The molecule has 1 aliphatic rings. The number of anilines is 1. The van der Waals surface area contributed by atoms with Gasteiger partial charge in [0.1, 0.15) is 0 Å². The van der Waals surface area contributed by atoms with Gasteiger partial charge < -0.3 is 20.5 Å². The van der Waals surface area contributed by atoms with Crippen molar-refractivity contribution in [1.29, 1.82) is 0 Å². The van der Waals surface area contributed by atoms with Gasteiger partial charge in [0.05, 0.1) is 0 Å². The van der Waals surface area contributed by atoms with Crippen molar-refractivity contribution < 1.29 is 0 Å².